The van der Waals surface area contributed by atoms with Crippen molar-refractivity contribution in [3.8, 4) is 0 Å². The van der Waals surface area contributed by atoms with E-state index >= 15 is 0 Å². The van der Waals surface area contributed by atoms with Crippen LogP contribution in [-0.4, -0.2) is 15.7 Å². The van der Waals surface area contributed by atoms with E-state index in [1.54, 1.807) is 12.1 Å². The molecular formula is C29H23N3O2. The van der Waals surface area contributed by atoms with Gasteiger partial charge in [-0.1, -0.05) is 91.0 Å². The molecule has 0 unspecified atom stereocenters. The van der Waals surface area contributed by atoms with Crippen molar-refractivity contribution >= 4 is 17.2 Å². The van der Waals surface area contributed by atoms with Gasteiger partial charge in [0, 0.05) is 17.7 Å². The highest BCUT2D eigenvalue weighted by atomic mass is 16.6. The first kappa shape index (κ1) is 20.4. The lowest BCUT2D eigenvalue weighted by molar-refractivity contribution is -0.384. The van der Waals surface area contributed by atoms with Crippen LogP contribution in [0.4, 0.5) is 11.4 Å². The van der Waals surface area contributed by atoms with Gasteiger partial charge in [0.25, 0.3) is 5.69 Å². The second kappa shape index (κ2) is 7.66. The molecule has 6 rings (SSSR count). The molecule has 0 radical (unpaired) electrons. The van der Waals surface area contributed by atoms with Gasteiger partial charge in [-0.3, -0.25) is 10.1 Å². The Morgan fingerprint density at radius 3 is 1.94 bits per heavy atom. The maximum absolute atomic E-state index is 11.3. The highest BCUT2D eigenvalue weighted by Crippen LogP contribution is 2.61. The number of rotatable bonds is 4. The van der Waals surface area contributed by atoms with Crippen molar-refractivity contribution < 1.29 is 4.92 Å². The van der Waals surface area contributed by atoms with Crippen LogP contribution in [0.15, 0.2) is 114 Å². The molecule has 2 aliphatic heterocycles. The molecule has 2 aliphatic rings. The minimum atomic E-state index is -0.513. The van der Waals surface area contributed by atoms with E-state index in [9.17, 15) is 10.1 Å². The summed E-state index contributed by atoms with van der Waals surface area (Å²) in [5.74, 6) is 1.01. The lowest BCUT2D eigenvalue weighted by Gasteiger charge is -2.63. The molecule has 5 heteroatoms. The average molecular weight is 446 g/mol. The summed E-state index contributed by atoms with van der Waals surface area (Å²) >= 11 is 0. The molecule has 1 saturated heterocycles. The van der Waals surface area contributed by atoms with E-state index in [1.165, 1.54) is 5.56 Å². The Kier molecular flexibility index (Phi) is 4.59. The van der Waals surface area contributed by atoms with Crippen molar-refractivity contribution in [3.05, 3.63) is 142 Å². The smallest absolute Gasteiger partial charge is 0.269 e. The van der Waals surface area contributed by atoms with E-state index in [-0.39, 0.29) is 22.7 Å². The topological polar surface area (TPSA) is 58.7 Å². The van der Waals surface area contributed by atoms with Crippen LogP contribution < -0.4 is 0 Å². The Morgan fingerprint density at radius 2 is 1.35 bits per heavy atom. The number of fused-ring (bicyclic) bond motifs is 2. The molecule has 166 valence electrons. The number of non-ortho nitro benzene ring substituents is 1. The minimum absolute atomic E-state index is 0.0692. The fraction of sp³-hybridized carbons (Fsp3) is 0.138. The molecule has 0 aromatic heterocycles. The molecular weight excluding hydrogens is 422 g/mol. The number of amidine groups is 1. The van der Waals surface area contributed by atoms with E-state index < -0.39 is 5.41 Å². The van der Waals surface area contributed by atoms with Gasteiger partial charge in [0.05, 0.1) is 22.7 Å². The quantitative estimate of drug-likeness (QED) is 0.258. The van der Waals surface area contributed by atoms with Gasteiger partial charge >= 0.3 is 0 Å². The Morgan fingerprint density at radius 1 is 0.794 bits per heavy atom. The molecule has 0 spiro atoms. The molecule has 0 bridgehead atoms. The zero-order chi connectivity index (χ0) is 23.3. The van der Waals surface area contributed by atoms with Gasteiger partial charge in [-0.05, 0) is 29.7 Å². The Labute approximate surface area is 198 Å². The number of hydrogen-bond acceptors (Lipinski definition) is 4. The van der Waals surface area contributed by atoms with E-state index in [2.05, 4.69) is 78.6 Å². The summed E-state index contributed by atoms with van der Waals surface area (Å²) in [7, 11) is 0. The minimum Gasteiger partial charge on any atom is -0.343 e. The zero-order valence-electron chi connectivity index (χ0n) is 18.7. The van der Waals surface area contributed by atoms with Crippen LogP contribution in [-0.2, 0) is 5.41 Å². The van der Waals surface area contributed by atoms with Crippen LogP contribution in [0.3, 0.4) is 0 Å². The molecule has 2 atom stereocenters. The first-order valence-electron chi connectivity index (χ1n) is 11.4. The van der Waals surface area contributed by atoms with Crippen LogP contribution in [0.1, 0.15) is 41.3 Å². The summed E-state index contributed by atoms with van der Waals surface area (Å²) in [6, 6.07) is 36.3. The van der Waals surface area contributed by atoms with Crippen LogP contribution in [0, 0.1) is 10.1 Å². The summed E-state index contributed by atoms with van der Waals surface area (Å²) < 4.78 is 0. The maximum Gasteiger partial charge on any atom is 0.269 e. The lowest BCUT2D eigenvalue weighted by atomic mass is 9.58. The number of hydrogen-bond donors (Lipinski definition) is 0. The lowest BCUT2D eigenvalue weighted by Crippen LogP contribution is -2.67. The molecule has 0 aliphatic carbocycles. The fourth-order valence-electron chi connectivity index (χ4n) is 5.68. The van der Waals surface area contributed by atoms with Crippen LogP contribution in [0.5, 0.6) is 0 Å². The predicted octanol–water partition coefficient (Wildman–Crippen LogP) is 6.74. The summed E-state index contributed by atoms with van der Waals surface area (Å²) in [5.41, 5.74) is 5.12. The number of benzene rings is 4. The summed E-state index contributed by atoms with van der Waals surface area (Å²) in [4.78, 5) is 18.6. The molecule has 0 saturated carbocycles. The second-order valence-corrected chi connectivity index (χ2v) is 8.87. The third-order valence-corrected chi connectivity index (χ3v) is 7.19. The molecule has 1 fully saturated rings. The Hall–Kier alpha value is -4.25. The highest BCUT2D eigenvalue weighted by molar-refractivity contribution is 6.06. The molecule has 2 heterocycles. The summed E-state index contributed by atoms with van der Waals surface area (Å²) in [6.07, 6.45) is 0. The van der Waals surface area contributed by atoms with E-state index in [4.69, 9.17) is 4.99 Å². The largest absolute Gasteiger partial charge is 0.343 e. The monoisotopic (exact) mass is 445 g/mol. The van der Waals surface area contributed by atoms with E-state index in [1.807, 2.05) is 30.3 Å². The molecule has 34 heavy (non-hydrogen) atoms. The average Bonchev–Trinajstić information content (AvgIpc) is 2.88. The highest BCUT2D eigenvalue weighted by Gasteiger charge is 2.63. The van der Waals surface area contributed by atoms with Crippen LogP contribution >= 0.6 is 0 Å². The van der Waals surface area contributed by atoms with Gasteiger partial charge in [0.2, 0.25) is 0 Å². The summed E-state index contributed by atoms with van der Waals surface area (Å²) in [5, 5.41) is 11.3. The van der Waals surface area contributed by atoms with Gasteiger partial charge in [-0.2, -0.15) is 0 Å². The van der Waals surface area contributed by atoms with Crippen molar-refractivity contribution in [2.24, 2.45) is 4.99 Å². The third-order valence-electron chi connectivity index (χ3n) is 7.19. The fourth-order valence-corrected chi connectivity index (χ4v) is 5.68. The molecule has 0 amide bonds. The number of nitrogens with zero attached hydrogens (tertiary/aromatic N) is 3. The van der Waals surface area contributed by atoms with Crippen LogP contribution in [0.2, 0.25) is 0 Å². The maximum atomic E-state index is 11.3. The zero-order valence-corrected chi connectivity index (χ0v) is 18.7. The number of nitro benzene ring substituents is 1. The molecule has 4 aromatic carbocycles. The van der Waals surface area contributed by atoms with Gasteiger partial charge < -0.3 is 4.90 Å². The van der Waals surface area contributed by atoms with Crippen LogP contribution in [0.25, 0.3) is 0 Å². The predicted molar refractivity (Wildman–Crippen MR) is 133 cm³/mol. The van der Waals surface area contributed by atoms with Crippen molar-refractivity contribution in [1.82, 2.24) is 4.90 Å². The third kappa shape index (κ3) is 2.76. The molecule has 5 nitrogen and oxygen atoms in total. The van der Waals surface area contributed by atoms with Gasteiger partial charge in [0.15, 0.2) is 0 Å². The Balaban J connectivity index is 1.65. The SMILES string of the molecule is C[C@H]1c2ccccc2N=C2N1[C@H](c1ccc([N+](=O)[O-])cc1)C2(c1ccccc1)c1ccccc1. The normalized spacial score (nSPS) is 19.9. The van der Waals surface area contributed by atoms with Crippen molar-refractivity contribution in [3.63, 3.8) is 0 Å². The van der Waals surface area contributed by atoms with Crippen molar-refractivity contribution in [2.45, 2.75) is 24.4 Å². The van der Waals surface area contributed by atoms with Gasteiger partial charge in [-0.25, -0.2) is 4.99 Å². The first-order chi connectivity index (χ1) is 16.6. The molecule has 0 N–H and O–H groups in total. The summed E-state index contributed by atoms with van der Waals surface area (Å²) in [6.45, 7) is 2.21. The van der Waals surface area contributed by atoms with E-state index in [0.29, 0.717) is 0 Å². The standard InChI is InChI=1S/C29H23N3O2/c1-20-25-14-8-9-15-26(25)30-28-29(22-10-4-2-5-11-22,23-12-6-3-7-13-23)27(31(20)28)21-16-18-24(19-17-21)32(33)34/h2-20,27H,1H3/t20-,27+/m0/s1. The second-order valence-electron chi connectivity index (χ2n) is 8.87. The number of para-hydroxylation sites is 1. The number of nitro groups is 1. The van der Waals surface area contributed by atoms with Crippen molar-refractivity contribution in [1.29, 1.82) is 0 Å². The molecule has 4 aromatic rings. The van der Waals surface area contributed by atoms with E-state index in [0.717, 1.165) is 28.2 Å². The van der Waals surface area contributed by atoms with Gasteiger partial charge in [-0.15, -0.1) is 0 Å². The first-order valence-corrected chi connectivity index (χ1v) is 11.4. The van der Waals surface area contributed by atoms with Gasteiger partial charge in [0.1, 0.15) is 11.3 Å². The van der Waals surface area contributed by atoms with Crippen molar-refractivity contribution in [2.75, 3.05) is 0 Å². The Bertz CT molecular complexity index is 1360. The number of aliphatic imine (C=N–C) groups is 1.